The van der Waals surface area contributed by atoms with Crippen molar-refractivity contribution in [2.75, 3.05) is 14.2 Å². The Bertz CT molecular complexity index is 673. The first kappa shape index (κ1) is 16.4. The number of hydrogen-bond donors (Lipinski definition) is 1. The van der Waals surface area contributed by atoms with Crippen LogP contribution in [0.4, 0.5) is 0 Å². The van der Waals surface area contributed by atoms with Gasteiger partial charge in [0, 0.05) is 10.0 Å². The molecule has 116 valence electrons. The quantitative estimate of drug-likeness (QED) is 0.874. The molecule has 0 aliphatic carbocycles. The summed E-state index contributed by atoms with van der Waals surface area (Å²) in [7, 11) is 3.11. The zero-order valence-corrected chi connectivity index (χ0v) is 14.3. The number of nitrogens with one attached hydrogen (secondary N) is 1. The number of rotatable bonds is 5. The fourth-order valence-electron chi connectivity index (χ4n) is 2.12. The van der Waals surface area contributed by atoms with Gasteiger partial charge >= 0.3 is 0 Å². The molecule has 0 saturated carbocycles. The fourth-order valence-corrected chi connectivity index (χ4v) is 2.53. The molecule has 1 atom stereocenters. The molecular formula is C17H18BrNO3. The van der Waals surface area contributed by atoms with Gasteiger partial charge in [-0.3, -0.25) is 4.79 Å². The maximum atomic E-state index is 12.4. The van der Waals surface area contributed by atoms with Crippen LogP contribution in [-0.4, -0.2) is 20.1 Å². The lowest BCUT2D eigenvalue weighted by Gasteiger charge is -2.15. The normalized spacial score (nSPS) is 11.6. The molecule has 2 rings (SSSR count). The van der Waals surface area contributed by atoms with Crippen LogP contribution in [0, 0.1) is 0 Å². The molecule has 0 bridgehead atoms. The maximum absolute atomic E-state index is 12.4. The van der Waals surface area contributed by atoms with Gasteiger partial charge in [0.05, 0.1) is 20.3 Å². The number of ether oxygens (including phenoxy) is 2. The van der Waals surface area contributed by atoms with E-state index in [2.05, 4.69) is 21.2 Å². The molecule has 1 N–H and O–H groups in total. The van der Waals surface area contributed by atoms with E-state index in [1.807, 2.05) is 31.2 Å². The number of amides is 1. The zero-order chi connectivity index (χ0) is 16.1. The molecule has 0 spiro atoms. The Hall–Kier alpha value is -2.01. The van der Waals surface area contributed by atoms with Crippen LogP contribution in [0.15, 0.2) is 46.9 Å². The third-order valence-corrected chi connectivity index (χ3v) is 3.84. The number of carbonyl (C=O) groups is 1. The molecule has 1 amide bonds. The lowest BCUT2D eigenvalue weighted by atomic mass is 10.1. The van der Waals surface area contributed by atoms with Crippen molar-refractivity contribution in [3.05, 3.63) is 58.1 Å². The lowest BCUT2D eigenvalue weighted by molar-refractivity contribution is 0.0939. The molecule has 0 aliphatic rings. The van der Waals surface area contributed by atoms with Crippen molar-refractivity contribution in [1.82, 2.24) is 5.32 Å². The largest absolute Gasteiger partial charge is 0.493 e. The van der Waals surface area contributed by atoms with Gasteiger partial charge in [-0.15, -0.1) is 0 Å². The fraction of sp³-hybridized carbons (Fsp3) is 0.235. The first-order valence-electron chi connectivity index (χ1n) is 6.83. The Labute approximate surface area is 138 Å². The molecule has 0 unspecified atom stereocenters. The number of methoxy groups -OCH3 is 2. The van der Waals surface area contributed by atoms with Crippen LogP contribution in [0.25, 0.3) is 0 Å². The van der Waals surface area contributed by atoms with E-state index in [0.29, 0.717) is 17.1 Å². The smallest absolute Gasteiger partial charge is 0.251 e. The third-order valence-electron chi connectivity index (χ3n) is 3.34. The standard InChI is InChI=1S/C17H18BrNO3/c1-11(12-5-4-6-14(18)9-12)19-17(20)13-7-8-15(21-2)16(10-13)22-3/h4-11H,1-3H3,(H,19,20)/t11-/m1/s1. The van der Waals surface area contributed by atoms with Gasteiger partial charge in [-0.05, 0) is 42.8 Å². The average molecular weight is 364 g/mol. The average Bonchev–Trinajstić information content (AvgIpc) is 2.54. The van der Waals surface area contributed by atoms with Crippen LogP contribution < -0.4 is 14.8 Å². The van der Waals surface area contributed by atoms with E-state index < -0.39 is 0 Å². The van der Waals surface area contributed by atoms with Crippen LogP contribution in [0.2, 0.25) is 0 Å². The van der Waals surface area contributed by atoms with Crippen LogP contribution in [0.5, 0.6) is 11.5 Å². The molecule has 2 aromatic carbocycles. The minimum Gasteiger partial charge on any atom is -0.493 e. The van der Waals surface area contributed by atoms with Gasteiger partial charge in [0.1, 0.15) is 0 Å². The summed E-state index contributed by atoms with van der Waals surface area (Å²) in [6.07, 6.45) is 0. The lowest BCUT2D eigenvalue weighted by Crippen LogP contribution is -2.26. The summed E-state index contributed by atoms with van der Waals surface area (Å²) in [5, 5.41) is 2.97. The molecule has 0 heterocycles. The second-order valence-corrected chi connectivity index (χ2v) is 5.74. The minimum absolute atomic E-state index is 0.0990. The van der Waals surface area contributed by atoms with E-state index in [1.165, 1.54) is 0 Å². The number of halogens is 1. The molecule has 0 saturated heterocycles. The Morgan fingerprint density at radius 1 is 1.09 bits per heavy atom. The van der Waals surface area contributed by atoms with Crippen molar-refractivity contribution in [3.63, 3.8) is 0 Å². The van der Waals surface area contributed by atoms with Crippen molar-refractivity contribution >= 4 is 21.8 Å². The highest BCUT2D eigenvalue weighted by Gasteiger charge is 2.14. The molecule has 0 fully saturated rings. The van der Waals surface area contributed by atoms with Crippen molar-refractivity contribution in [2.24, 2.45) is 0 Å². The molecule has 4 nitrogen and oxygen atoms in total. The van der Waals surface area contributed by atoms with Crippen molar-refractivity contribution in [3.8, 4) is 11.5 Å². The predicted molar refractivity (Wildman–Crippen MR) is 89.6 cm³/mol. The first-order valence-corrected chi connectivity index (χ1v) is 7.62. The SMILES string of the molecule is COc1ccc(C(=O)N[C@H](C)c2cccc(Br)c2)cc1OC. The van der Waals surface area contributed by atoms with Crippen LogP contribution in [0.1, 0.15) is 28.9 Å². The van der Waals surface area contributed by atoms with E-state index in [-0.39, 0.29) is 11.9 Å². The second-order valence-electron chi connectivity index (χ2n) is 4.82. The molecule has 2 aromatic rings. The highest BCUT2D eigenvalue weighted by Crippen LogP contribution is 2.27. The Morgan fingerprint density at radius 3 is 2.45 bits per heavy atom. The van der Waals surface area contributed by atoms with Crippen molar-refractivity contribution < 1.29 is 14.3 Å². The van der Waals surface area contributed by atoms with Crippen LogP contribution in [-0.2, 0) is 0 Å². The first-order chi connectivity index (χ1) is 10.5. The van der Waals surface area contributed by atoms with Gasteiger partial charge in [0.2, 0.25) is 0 Å². The zero-order valence-electron chi connectivity index (χ0n) is 12.7. The summed E-state index contributed by atoms with van der Waals surface area (Å²) in [6, 6.07) is 12.9. The summed E-state index contributed by atoms with van der Waals surface area (Å²) in [4.78, 5) is 12.4. The summed E-state index contributed by atoms with van der Waals surface area (Å²) in [5.74, 6) is 0.970. The molecule has 0 aliphatic heterocycles. The summed E-state index contributed by atoms with van der Waals surface area (Å²) in [5.41, 5.74) is 1.56. The Morgan fingerprint density at radius 2 is 1.82 bits per heavy atom. The van der Waals surface area contributed by atoms with Crippen molar-refractivity contribution in [2.45, 2.75) is 13.0 Å². The van der Waals surface area contributed by atoms with E-state index in [0.717, 1.165) is 10.0 Å². The molecule has 0 radical (unpaired) electrons. The van der Waals surface area contributed by atoms with E-state index in [1.54, 1.807) is 32.4 Å². The van der Waals surface area contributed by atoms with Gasteiger partial charge in [-0.1, -0.05) is 28.1 Å². The van der Waals surface area contributed by atoms with Gasteiger partial charge < -0.3 is 14.8 Å². The highest BCUT2D eigenvalue weighted by atomic mass is 79.9. The Balaban J connectivity index is 2.15. The molecule has 22 heavy (non-hydrogen) atoms. The molecule has 5 heteroatoms. The highest BCUT2D eigenvalue weighted by molar-refractivity contribution is 9.10. The van der Waals surface area contributed by atoms with Gasteiger partial charge in [-0.2, -0.15) is 0 Å². The molecule has 0 aromatic heterocycles. The number of carbonyl (C=O) groups excluding carboxylic acids is 1. The predicted octanol–water partition coefficient (Wildman–Crippen LogP) is 3.96. The summed E-state index contributed by atoms with van der Waals surface area (Å²) in [6.45, 7) is 1.94. The van der Waals surface area contributed by atoms with Gasteiger partial charge in [-0.25, -0.2) is 0 Å². The monoisotopic (exact) mass is 363 g/mol. The maximum Gasteiger partial charge on any atom is 0.251 e. The van der Waals surface area contributed by atoms with E-state index in [9.17, 15) is 4.79 Å². The van der Waals surface area contributed by atoms with E-state index >= 15 is 0 Å². The van der Waals surface area contributed by atoms with E-state index in [4.69, 9.17) is 9.47 Å². The number of benzene rings is 2. The minimum atomic E-state index is -0.159. The van der Waals surface area contributed by atoms with Crippen molar-refractivity contribution in [1.29, 1.82) is 0 Å². The Kier molecular flexibility index (Phi) is 5.44. The van der Waals surface area contributed by atoms with Gasteiger partial charge in [0.15, 0.2) is 11.5 Å². The second kappa shape index (κ2) is 7.31. The number of hydrogen-bond acceptors (Lipinski definition) is 3. The van der Waals surface area contributed by atoms with Crippen LogP contribution >= 0.6 is 15.9 Å². The summed E-state index contributed by atoms with van der Waals surface area (Å²) < 4.78 is 11.4. The molecular weight excluding hydrogens is 346 g/mol. The third kappa shape index (κ3) is 3.80. The van der Waals surface area contributed by atoms with Gasteiger partial charge in [0.25, 0.3) is 5.91 Å². The topological polar surface area (TPSA) is 47.6 Å². The summed E-state index contributed by atoms with van der Waals surface area (Å²) >= 11 is 3.43. The van der Waals surface area contributed by atoms with Crippen LogP contribution in [0.3, 0.4) is 0 Å².